The van der Waals surface area contributed by atoms with Gasteiger partial charge in [-0.3, -0.25) is 0 Å². The average Bonchev–Trinajstić information content (AvgIpc) is 2.78. The van der Waals surface area contributed by atoms with Crippen molar-refractivity contribution in [2.45, 2.75) is 45.6 Å². The number of hydrogen-bond acceptors (Lipinski definition) is 4. The Hall–Kier alpha value is -1.66. The van der Waals surface area contributed by atoms with Gasteiger partial charge in [0.25, 0.3) is 10.0 Å². The lowest BCUT2D eigenvalue weighted by atomic mass is 10.0. The van der Waals surface area contributed by atoms with Crippen LogP contribution >= 0.6 is 0 Å². The molecule has 1 saturated heterocycles. The summed E-state index contributed by atoms with van der Waals surface area (Å²) in [5.74, 6) is 1.00. The van der Waals surface area contributed by atoms with Crippen molar-refractivity contribution >= 4 is 20.8 Å². The number of sulfonamides is 1. The van der Waals surface area contributed by atoms with Gasteiger partial charge in [0.2, 0.25) is 0 Å². The first-order valence-corrected chi connectivity index (χ1v) is 9.90. The number of nitrogens with two attached hydrogens (primary N) is 1. The van der Waals surface area contributed by atoms with Gasteiger partial charge in [0, 0.05) is 24.7 Å². The molecule has 0 saturated carbocycles. The molecule has 130 valence electrons. The third-order valence-electron chi connectivity index (χ3n) is 4.82. The Kier molecular flexibility index (Phi) is 4.53. The Morgan fingerprint density at radius 3 is 2.29 bits per heavy atom. The normalized spacial score (nSPS) is 21.5. The molecule has 0 amide bonds. The van der Waals surface area contributed by atoms with Crippen LogP contribution in [0, 0.1) is 0 Å². The van der Waals surface area contributed by atoms with E-state index in [0.717, 1.165) is 31.5 Å². The van der Waals surface area contributed by atoms with E-state index in [9.17, 15) is 8.42 Å². The zero-order valence-electron chi connectivity index (χ0n) is 14.5. The van der Waals surface area contributed by atoms with Crippen LogP contribution in [0.4, 0.5) is 0 Å². The maximum Gasteiger partial charge on any atom is 0.285 e. The molecule has 1 aromatic carbocycles. The largest absolute Gasteiger partial charge is 0.356 e. The fraction of sp³-hybridized carbons (Fsp3) is 0.500. The van der Waals surface area contributed by atoms with E-state index < -0.39 is 10.0 Å². The summed E-state index contributed by atoms with van der Waals surface area (Å²) >= 11 is 0. The molecule has 1 aromatic rings. The van der Waals surface area contributed by atoms with Crippen molar-refractivity contribution in [2.24, 2.45) is 10.1 Å². The van der Waals surface area contributed by atoms with Gasteiger partial charge >= 0.3 is 0 Å². The lowest BCUT2D eigenvalue weighted by Crippen LogP contribution is -2.42. The Labute approximate surface area is 144 Å². The molecule has 0 radical (unpaired) electrons. The summed E-state index contributed by atoms with van der Waals surface area (Å²) in [6.07, 6.45) is 1.73. The Balaban J connectivity index is 1.95. The molecule has 2 aliphatic rings. The summed E-state index contributed by atoms with van der Waals surface area (Å²) in [6.45, 7) is 7.60. The van der Waals surface area contributed by atoms with E-state index >= 15 is 0 Å². The zero-order chi connectivity index (χ0) is 17.5. The van der Waals surface area contributed by atoms with Crippen molar-refractivity contribution in [1.29, 1.82) is 0 Å². The fourth-order valence-corrected chi connectivity index (χ4v) is 4.80. The highest BCUT2D eigenvalue weighted by molar-refractivity contribution is 8.00. The van der Waals surface area contributed by atoms with Crippen LogP contribution in [0.15, 0.2) is 34.2 Å². The van der Waals surface area contributed by atoms with Crippen molar-refractivity contribution in [3.05, 3.63) is 41.0 Å². The molecule has 6 heteroatoms. The van der Waals surface area contributed by atoms with E-state index in [2.05, 4.69) is 18.2 Å². The summed E-state index contributed by atoms with van der Waals surface area (Å²) in [5.41, 5.74) is 8.59. The number of likely N-dealkylation sites (tertiary alicyclic amines) is 1. The second-order valence-corrected chi connectivity index (χ2v) is 8.49. The van der Waals surface area contributed by atoms with Crippen LogP contribution in [-0.4, -0.2) is 38.3 Å². The highest BCUT2D eigenvalue weighted by Crippen LogP contribution is 2.34. The molecule has 1 fully saturated rings. The highest BCUT2D eigenvalue weighted by Gasteiger charge is 2.34. The Morgan fingerprint density at radius 2 is 1.75 bits per heavy atom. The summed E-state index contributed by atoms with van der Waals surface area (Å²) in [4.78, 5) is 2.38. The van der Waals surface area contributed by atoms with Crippen molar-refractivity contribution in [3.8, 4) is 0 Å². The zero-order valence-corrected chi connectivity index (χ0v) is 15.3. The van der Waals surface area contributed by atoms with Gasteiger partial charge in [0.15, 0.2) is 0 Å². The predicted octanol–water partition coefficient (Wildman–Crippen LogP) is 2.71. The molecule has 3 rings (SSSR count). The molecule has 0 aromatic heterocycles. The minimum atomic E-state index is -3.64. The molecule has 2 aliphatic heterocycles. The van der Waals surface area contributed by atoms with Gasteiger partial charge in [0.05, 0.1) is 0 Å². The predicted molar refractivity (Wildman–Crippen MR) is 98.3 cm³/mol. The lowest BCUT2D eigenvalue weighted by Gasteiger charge is -2.31. The van der Waals surface area contributed by atoms with Gasteiger partial charge in [-0.25, -0.2) is 0 Å². The first-order valence-electron chi connectivity index (χ1n) is 8.46. The van der Waals surface area contributed by atoms with Gasteiger partial charge in [-0.05, 0) is 36.8 Å². The quantitative estimate of drug-likeness (QED) is 0.892. The standard InChI is InChI=1S/C18H25N3O2S/c1-12(2)14-4-6-15(7-5-14)17-13(3)18(20-24(17,22)23)21-10-8-16(19)9-11-21/h4-7,12,16H,8-11,19H2,1-3H3. The monoisotopic (exact) mass is 347 g/mol. The molecule has 0 unspecified atom stereocenters. The number of hydrogen-bond donors (Lipinski definition) is 1. The summed E-state index contributed by atoms with van der Waals surface area (Å²) in [7, 11) is -3.64. The second-order valence-electron chi connectivity index (χ2n) is 6.95. The summed E-state index contributed by atoms with van der Waals surface area (Å²) in [6, 6.07) is 7.96. The number of piperidine rings is 1. The molecule has 2 N–H and O–H groups in total. The van der Waals surface area contributed by atoms with Crippen molar-refractivity contribution in [2.75, 3.05) is 13.1 Å². The molecule has 2 heterocycles. The van der Waals surface area contributed by atoms with E-state index in [0.29, 0.717) is 22.2 Å². The van der Waals surface area contributed by atoms with Gasteiger partial charge in [0.1, 0.15) is 10.7 Å². The maximum absolute atomic E-state index is 12.6. The maximum atomic E-state index is 12.6. The van der Waals surface area contributed by atoms with Crippen LogP contribution in [0.1, 0.15) is 50.7 Å². The van der Waals surface area contributed by atoms with Crippen LogP contribution in [0.2, 0.25) is 0 Å². The minimum Gasteiger partial charge on any atom is -0.356 e. The van der Waals surface area contributed by atoms with E-state index in [1.807, 2.05) is 36.1 Å². The smallest absolute Gasteiger partial charge is 0.285 e. The molecule has 5 nitrogen and oxygen atoms in total. The lowest BCUT2D eigenvalue weighted by molar-refractivity contribution is 0.314. The number of benzene rings is 1. The van der Waals surface area contributed by atoms with E-state index in [1.54, 1.807) is 0 Å². The average molecular weight is 347 g/mol. The molecular formula is C18H25N3O2S. The number of amidine groups is 1. The van der Waals surface area contributed by atoms with Crippen molar-refractivity contribution in [1.82, 2.24) is 4.90 Å². The Morgan fingerprint density at radius 1 is 1.17 bits per heavy atom. The highest BCUT2D eigenvalue weighted by atomic mass is 32.2. The topological polar surface area (TPSA) is 75.8 Å². The Bertz CT molecular complexity index is 784. The molecular weight excluding hydrogens is 322 g/mol. The van der Waals surface area contributed by atoms with Crippen LogP contribution < -0.4 is 5.73 Å². The molecule has 24 heavy (non-hydrogen) atoms. The van der Waals surface area contributed by atoms with Crippen LogP contribution in [-0.2, 0) is 10.0 Å². The number of nitrogens with zero attached hydrogens (tertiary/aromatic N) is 2. The minimum absolute atomic E-state index is 0.201. The SMILES string of the molecule is CC1=C(c2ccc(C(C)C)cc2)S(=O)(=O)N=C1N1CCC(N)CC1. The number of rotatable bonds is 2. The van der Waals surface area contributed by atoms with Crippen molar-refractivity contribution < 1.29 is 8.42 Å². The molecule has 0 aliphatic carbocycles. The summed E-state index contributed by atoms with van der Waals surface area (Å²) < 4.78 is 29.3. The molecule has 0 atom stereocenters. The first-order chi connectivity index (χ1) is 11.3. The van der Waals surface area contributed by atoms with E-state index in [4.69, 9.17) is 5.73 Å². The first kappa shape index (κ1) is 17.2. The van der Waals surface area contributed by atoms with Gasteiger partial charge in [-0.1, -0.05) is 38.1 Å². The fourth-order valence-electron chi connectivity index (χ4n) is 3.31. The van der Waals surface area contributed by atoms with E-state index in [-0.39, 0.29) is 6.04 Å². The van der Waals surface area contributed by atoms with Crippen LogP contribution in [0.3, 0.4) is 0 Å². The third-order valence-corrected chi connectivity index (χ3v) is 6.29. The van der Waals surface area contributed by atoms with Gasteiger partial charge in [-0.15, -0.1) is 4.40 Å². The van der Waals surface area contributed by atoms with E-state index in [1.165, 1.54) is 5.56 Å². The molecule has 0 spiro atoms. The van der Waals surface area contributed by atoms with Gasteiger partial charge in [-0.2, -0.15) is 8.42 Å². The van der Waals surface area contributed by atoms with Crippen molar-refractivity contribution in [3.63, 3.8) is 0 Å². The van der Waals surface area contributed by atoms with Crippen LogP contribution in [0.25, 0.3) is 4.91 Å². The third kappa shape index (κ3) is 3.13. The molecule has 0 bridgehead atoms. The summed E-state index contributed by atoms with van der Waals surface area (Å²) in [5, 5.41) is 0. The van der Waals surface area contributed by atoms with Crippen LogP contribution in [0.5, 0.6) is 0 Å². The second kappa shape index (κ2) is 6.33. The van der Waals surface area contributed by atoms with Gasteiger partial charge < -0.3 is 10.6 Å².